The topological polar surface area (TPSA) is 53.9 Å². The minimum absolute atomic E-state index is 0.196. The van der Waals surface area contributed by atoms with Crippen LogP contribution < -0.4 is 5.32 Å². The van der Waals surface area contributed by atoms with Crippen molar-refractivity contribution in [3.8, 4) is 0 Å². The van der Waals surface area contributed by atoms with E-state index in [1.165, 1.54) is 5.56 Å². The molecule has 1 atom stereocenters. The first kappa shape index (κ1) is 11.0. The van der Waals surface area contributed by atoms with Crippen LogP contribution in [0.1, 0.15) is 24.3 Å². The second-order valence-corrected chi connectivity index (χ2v) is 4.33. The van der Waals surface area contributed by atoms with Crippen LogP contribution in [0, 0.1) is 0 Å². The van der Waals surface area contributed by atoms with E-state index in [1.54, 1.807) is 12.5 Å². The largest absolute Gasteiger partial charge is 0.468 e. The molecule has 4 heteroatoms. The Morgan fingerprint density at radius 3 is 3.17 bits per heavy atom. The van der Waals surface area contributed by atoms with Gasteiger partial charge in [0, 0.05) is 24.3 Å². The lowest BCUT2D eigenvalue weighted by molar-refractivity contribution is 0.430. The van der Waals surface area contributed by atoms with Crippen molar-refractivity contribution in [1.82, 2.24) is 15.3 Å². The molecule has 0 aliphatic heterocycles. The molecule has 1 unspecified atom stereocenters. The summed E-state index contributed by atoms with van der Waals surface area (Å²) in [5.74, 6) is 0.952. The number of hydrogen-bond donors (Lipinski definition) is 2. The van der Waals surface area contributed by atoms with Crippen LogP contribution in [-0.4, -0.2) is 9.97 Å². The van der Waals surface area contributed by atoms with Gasteiger partial charge in [0.25, 0.3) is 0 Å². The maximum absolute atomic E-state index is 5.37. The van der Waals surface area contributed by atoms with E-state index in [2.05, 4.69) is 28.3 Å². The number of nitrogens with zero attached hydrogens (tertiary/aromatic N) is 1. The molecule has 0 aromatic carbocycles. The Bertz CT molecular complexity index is 627. The van der Waals surface area contributed by atoms with E-state index in [1.807, 2.05) is 24.4 Å². The Morgan fingerprint density at radius 1 is 1.39 bits per heavy atom. The molecule has 0 radical (unpaired) electrons. The van der Waals surface area contributed by atoms with Gasteiger partial charge in [-0.25, -0.2) is 4.98 Å². The second kappa shape index (κ2) is 4.66. The normalized spacial score (nSPS) is 12.9. The molecule has 4 nitrogen and oxygen atoms in total. The van der Waals surface area contributed by atoms with Crippen LogP contribution in [0.3, 0.4) is 0 Å². The molecule has 2 N–H and O–H groups in total. The summed E-state index contributed by atoms with van der Waals surface area (Å²) >= 11 is 0. The quantitative estimate of drug-likeness (QED) is 0.738. The Balaban J connectivity index is 1.73. The van der Waals surface area contributed by atoms with E-state index in [9.17, 15) is 0 Å². The SMILES string of the molecule is CC(NCc1c[nH]c2ncccc12)c1ccco1. The minimum atomic E-state index is 0.196. The number of furan rings is 1. The van der Waals surface area contributed by atoms with E-state index in [-0.39, 0.29) is 6.04 Å². The minimum Gasteiger partial charge on any atom is -0.468 e. The fourth-order valence-corrected chi connectivity index (χ4v) is 2.06. The van der Waals surface area contributed by atoms with E-state index >= 15 is 0 Å². The van der Waals surface area contributed by atoms with Gasteiger partial charge < -0.3 is 14.7 Å². The molecule has 0 spiro atoms. The number of hydrogen-bond acceptors (Lipinski definition) is 3. The van der Waals surface area contributed by atoms with Crippen LogP contribution in [0.15, 0.2) is 47.3 Å². The molecule has 0 amide bonds. The van der Waals surface area contributed by atoms with Crippen LogP contribution in [0.5, 0.6) is 0 Å². The average Bonchev–Trinajstić information content (AvgIpc) is 3.06. The fraction of sp³-hybridized carbons (Fsp3) is 0.214. The molecule has 3 rings (SSSR count). The highest BCUT2D eigenvalue weighted by atomic mass is 16.3. The highest BCUT2D eigenvalue weighted by molar-refractivity contribution is 5.79. The summed E-state index contributed by atoms with van der Waals surface area (Å²) < 4.78 is 5.37. The zero-order valence-electron chi connectivity index (χ0n) is 10.2. The maximum atomic E-state index is 5.37. The number of nitrogens with one attached hydrogen (secondary N) is 2. The zero-order valence-corrected chi connectivity index (χ0v) is 10.2. The first-order valence-electron chi connectivity index (χ1n) is 6.02. The molecule has 0 saturated carbocycles. The van der Waals surface area contributed by atoms with Crippen LogP contribution >= 0.6 is 0 Å². The molecule has 0 bridgehead atoms. The molecule has 92 valence electrons. The second-order valence-electron chi connectivity index (χ2n) is 4.33. The van der Waals surface area contributed by atoms with Crippen LogP contribution in [-0.2, 0) is 6.54 Å². The van der Waals surface area contributed by atoms with Gasteiger partial charge in [0.15, 0.2) is 0 Å². The summed E-state index contributed by atoms with van der Waals surface area (Å²) in [5, 5.41) is 4.60. The van der Waals surface area contributed by atoms with Gasteiger partial charge in [0.05, 0.1) is 12.3 Å². The first-order valence-corrected chi connectivity index (χ1v) is 6.02. The molecule has 3 aromatic rings. The molecule has 0 fully saturated rings. The van der Waals surface area contributed by atoms with Crippen molar-refractivity contribution in [2.75, 3.05) is 0 Å². The van der Waals surface area contributed by atoms with E-state index in [0.717, 1.165) is 23.3 Å². The molecule has 3 heterocycles. The van der Waals surface area contributed by atoms with Crippen molar-refractivity contribution in [2.45, 2.75) is 19.5 Å². The number of aromatic amines is 1. The fourth-order valence-electron chi connectivity index (χ4n) is 2.06. The predicted octanol–water partition coefficient (Wildman–Crippen LogP) is 3.01. The Hall–Kier alpha value is -2.07. The number of pyridine rings is 1. The summed E-state index contributed by atoms with van der Waals surface area (Å²) in [5.41, 5.74) is 2.15. The Labute approximate surface area is 105 Å². The molecule has 18 heavy (non-hydrogen) atoms. The number of H-pyrrole nitrogens is 1. The van der Waals surface area contributed by atoms with Gasteiger partial charge in [0.1, 0.15) is 11.4 Å². The van der Waals surface area contributed by atoms with Crippen molar-refractivity contribution >= 4 is 11.0 Å². The van der Waals surface area contributed by atoms with Crippen LogP contribution in [0.2, 0.25) is 0 Å². The van der Waals surface area contributed by atoms with Gasteiger partial charge in [-0.2, -0.15) is 0 Å². The van der Waals surface area contributed by atoms with Gasteiger partial charge in [-0.15, -0.1) is 0 Å². The predicted molar refractivity (Wildman–Crippen MR) is 70.1 cm³/mol. The van der Waals surface area contributed by atoms with Crippen molar-refractivity contribution in [1.29, 1.82) is 0 Å². The monoisotopic (exact) mass is 241 g/mol. The Kier molecular flexibility index (Phi) is 2.86. The van der Waals surface area contributed by atoms with E-state index < -0.39 is 0 Å². The van der Waals surface area contributed by atoms with Crippen LogP contribution in [0.25, 0.3) is 11.0 Å². The molecule has 0 aliphatic carbocycles. The lowest BCUT2D eigenvalue weighted by atomic mass is 10.2. The van der Waals surface area contributed by atoms with Crippen molar-refractivity contribution in [2.24, 2.45) is 0 Å². The molecule has 3 aromatic heterocycles. The van der Waals surface area contributed by atoms with Gasteiger partial charge in [-0.05, 0) is 36.8 Å². The van der Waals surface area contributed by atoms with Crippen molar-refractivity contribution < 1.29 is 4.42 Å². The molecule has 0 saturated heterocycles. The van der Waals surface area contributed by atoms with E-state index in [4.69, 9.17) is 4.42 Å². The summed E-state index contributed by atoms with van der Waals surface area (Å²) in [6, 6.07) is 8.11. The van der Waals surface area contributed by atoms with Crippen molar-refractivity contribution in [3.63, 3.8) is 0 Å². The zero-order chi connectivity index (χ0) is 12.4. The third-order valence-electron chi connectivity index (χ3n) is 3.11. The third kappa shape index (κ3) is 2.02. The lowest BCUT2D eigenvalue weighted by Crippen LogP contribution is -2.17. The smallest absolute Gasteiger partial charge is 0.137 e. The van der Waals surface area contributed by atoms with Crippen LogP contribution in [0.4, 0.5) is 0 Å². The summed E-state index contributed by atoms with van der Waals surface area (Å²) in [6.45, 7) is 2.87. The Morgan fingerprint density at radius 2 is 2.33 bits per heavy atom. The molecule has 0 aliphatic rings. The highest BCUT2D eigenvalue weighted by Crippen LogP contribution is 2.17. The van der Waals surface area contributed by atoms with Gasteiger partial charge in [0.2, 0.25) is 0 Å². The van der Waals surface area contributed by atoms with Gasteiger partial charge in [-0.1, -0.05) is 0 Å². The first-order chi connectivity index (χ1) is 8.84. The number of rotatable bonds is 4. The summed E-state index contributed by atoms with van der Waals surface area (Å²) in [4.78, 5) is 7.45. The highest BCUT2D eigenvalue weighted by Gasteiger charge is 2.09. The standard InChI is InChI=1S/C14H15N3O/c1-10(13-5-3-7-18-13)16-8-11-9-17-14-12(11)4-2-6-15-14/h2-7,9-10,16H,8H2,1H3,(H,15,17). The average molecular weight is 241 g/mol. The molecular weight excluding hydrogens is 226 g/mol. The van der Waals surface area contributed by atoms with Crippen molar-refractivity contribution in [3.05, 3.63) is 54.2 Å². The maximum Gasteiger partial charge on any atom is 0.137 e. The lowest BCUT2D eigenvalue weighted by Gasteiger charge is -2.10. The van der Waals surface area contributed by atoms with Gasteiger partial charge in [-0.3, -0.25) is 0 Å². The molecular formula is C14H15N3O. The number of fused-ring (bicyclic) bond motifs is 1. The van der Waals surface area contributed by atoms with E-state index in [0.29, 0.717) is 0 Å². The van der Waals surface area contributed by atoms with Gasteiger partial charge >= 0.3 is 0 Å². The number of aromatic nitrogens is 2. The third-order valence-corrected chi connectivity index (χ3v) is 3.11. The summed E-state index contributed by atoms with van der Waals surface area (Å²) in [6.07, 6.45) is 5.49. The summed E-state index contributed by atoms with van der Waals surface area (Å²) in [7, 11) is 0.